The number of pyridine rings is 1. The van der Waals surface area contributed by atoms with E-state index >= 15 is 0 Å². The minimum Gasteiger partial charge on any atom is -0.355 e. The van der Waals surface area contributed by atoms with Gasteiger partial charge in [0.1, 0.15) is 5.82 Å². The van der Waals surface area contributed by atoms with E-state index in [-0.39, 0.29) is 0 Å². The van der Waals surface area contributed by atoms with Crippen molar-refractivity contribution in [3.8, 4) is 0 Å². The molecule has 0 radical (unpaired) electrons. The minimum atomic E-state index is 0.639. The lowest BCUT2D eigenvalue weighted by Crippen LogP contribution is -2.39. The fourth-order valence-electron chi connectivity index (χ4n) is 2.67. The third-order valence-electron chi connectivity index (χ3n) is 3.64. The molecular weight excluding hydrogens is 264 g/mol. The van der Waals surface area contributed by atoms with Gasteiger partial charge in [0.05, 0.1) is 4.47 Å². The van der Waals surface area contributed by atoms with Crippen molar-refractivity contribution in [1.29, 1.82) is 0 Å². The maximum Gasteiger partial charge on any atom is 0.142 e. The molecule has 1 aliphatic rings. The summed E-state index contributed by atoms with van der Waals surface area (Å²) in [6, 6.07) is 4.66. The average molecular weight is 283 g/mol. The molecule has 1 saturated carbocycles. The van der Waals surface area contributed by atoms with Gasteiger partial charge in [-0.3, -0.25) is 0 Å². The molecule has 1 aliphatic carbocycles. The van der Waals surface area contributed by atoms with Crippen LogP contribution < -0.4 is 4.90 Å². The van der Waals surface area contributed by atoms with Crippen molar-refractivity contribution < 1.29 is 0 Å². The van der Waals surface area contributed by atoms with Gasteiger partial charge in [-0.2, -0.15) is 0 Å². The Kier molecular flexibility index (Phi) is 3.85. The summed E-state index contributed by atoms with van der Waals surface area (Å²) >= 11 is 3.58. The Balaban J connectivity index is 2.17. The van der Waals surface area contributed by atoms with Gasteiger partial charge in [-0.05, 0) is 46.8 Å². The highest BCUT2D eigenvalue weighted by Crippen LogP contribution is 2.32. The highest BCUT2D eigenvalue weighted by molar-refractivity contribution is 9.10. The van der Waals surface area contributed by atoms with Crippen molar-refractivity contribution in [2.24, 2.45) is 5.92 Å². The van der Waals surface area contributed by atoms with Gasteiger partial charge in [-0.1, -0.05) is 19.8 Å². The largest absolute Gasteiger partial charge is 0.355 e. The molecule has 0 saturated heterocycles. The molecule has 0 N–H and O–H groups in total. The van der Waals surface area contributed by atoms with Crippen molar-refractivity contribution in [2.45, 2.75) is 38.6 Å². The van der Waals surface area contributed by atoms with Gasteiger partial charge >= 0.3 is 0 Å². The third kappa shape index (κ3) is 2.40. The van der Waals surface area contributed by atoms with Crippen LogP contribution in [0.3, 0.4) is 0 Å². The Morgan fingerprint density at radius 3 is 2.81 bits per heavy atom. The Hall–Kier alpha value is -0.570. The van der Waals surface area contributed by atoms with Crippen LogP contribution in [0.2, 0.25) is 0 Å². The number of hydrogen-bond donors (Lipinski definition) is 0. The first-order chi connectivity index (χ1) is 7.70. The van der Waals surface area contributed by atoms with E-state index in [0.29, 0.717) is 6.04 Å². The molecule has 0 amide bonds. The summed E-state index contributed by atoms with van der Waals surface area (Å²) in [6.45, 7) is 2.36. The molecule has 0 spiro atoms. The number of aromatic nitrogens is 1. The first kappa shape index (κ1) is 11.9. The normalized spacial score (nSPS) is 25.4. The van der Waals surface area contributed by atoms with Crippen LogP contribution in [0, 0.1) is 5.92 Å². The van der Waals surface area contributed by atoms with Crippen LogP contribution in [-0.4, -0.2) is 18.1 Å². The zero-order valence-corrected chi connectivity index (χ0v) is 11.6. The lowest BCUT2D eigenvalue weighted by Gasteiger charge is -2.37. The summed E-state index contributed by atoms with van der Waals surface area (Å²) in [6.07, 6.45) is 7.24. The highest BCUT2D eigenvalue weighted by Gasteiger charge is 2.26. The fraction of sp³-hybridized carbons (Fsp3) is 0.615. The predicted molar refractivity (Wildman–Crippen MR) is 71.8 cm³/mol. The molecule has 16 heavy (non-hydrogen) atoms. The average Bonchev–Trinajstić information content (AvgIpc) is 2.29. The van der Waals surface area contributed by atoms with E-state index in [2.05, 4.69) is 45.9 Å². The van der Waals surface area contributed by atoms with Crippen LogP contribution in [0.5, 0.6) is 0 Å². The maximum atomic E-state index is 4.47. The first-order valence-electron chi connectivity index (χ1n) is 6.03. The second-order valence-electron chi connectivity index (χ2n) is 4.75. The zero-order valence-electron chi connectivity index (χ0n) is 9.99. The summed E-state index contributed by atoms with van der Waals surface area (Å²) in [5, 5.41) is 0. The van der Waals surface area contributed by atoms with Crippen molar-refractivity contribution in [1.82, 2.24) is 4.98 Å². The number of nitrogens with zero attached hydrogens (tertiary/aromatic N) is 2. The summed E-state index contributed by atoms with van der Waals surface area (Å²) < 4.78 is 1.09. The Bertz CT molecular complexity index is 354. The quantitative estimate of drug-likeness (QED) is 0.819. The molecule has 1 heterocycles. The molecule has 2 atom stereocenters. The maximum absolute atomic E-state index is 4.47. The van der Waals surface area contributed by atoms with Gasteiger partial charge in [0.15, 0.2) is 0 Å². The van der Waals surface area contributed by atoms with Gasteiger partial charge in [0.2, 0.25) is 0 Å². The van der Waals surface area contributed by atoms with Gasteiger partial charge in [0, 0.05) is 19.3 Å². The van der Waals surface area contributed by atoms with Gasteiger partial charge in [-0.15, -0.1) is 0 Å². The van der Waals surface area contributed by atoms with Gasteiger partial charge < -0.3 is 4.90 Å². The Labute approximate surface area is 106 Å². The van der Waals surface area contributed by atoms with E-state index < -0.39 is 0 Å². The van der Waals surface area contributed by atoms with E-state index in [1.807, 2.05) is 12.3 Å². The molecule has 3 heteroatoms. The van der Waals surface area contributed by atoms with Crippen LogP contribution in [0.1, 0.15) is 32.6 Å². The smallest absolute Gasteiger partial charge is 0.142 e. The molecule has 0 aliphatic heterocycles. The SMILES string of the molecule is CC1CCCCC1N(C)c1ncccc1Br. The standard InChI is InChI=1S/C13H19BrN2/c1-10-6-3-4-8-12(10)16(2)13-11(14)7-5-9-15-13/h5,7,9-10,12H,3-4,6,8H2,1-2H3. The van der Waals surface area contributed by atoms with Gasteiger partial charge in [-0.25, -0.2) is 4.98 Å². The van der Waals surface area contributed by atoms with Crippen LogP contribution in [0.25, 0.3) is 0 Å². The molecular formula is C13H19BrN2. The van der Waals surface area contributed by atoms with E-state index in [1.165, 1.54) is 25.7 Å². The number of hydrogen-bond acceptors (Lipinski definition) is 2. The molecule has 2 nitrogen and oxygen atoms in total. The second kappa shape index (κ2) is 5.17. The van der Waals surface area contributed by atoms with Crippen molar-refractivity contribution in [3.05, 3.63) is 22.8 Å². The highest BCUT2D eigenvalue weighted by atomic mass is 79.9. The monoisotopic (exact) mass is 282 g/mol. The van der Waals surface area contributed by atoms with Crippen LogP contribution >= 0.6 is 15.9 Å². The van der Waals surface area contributed by atoms with Crippen molar-refractivity contribution in [3.63, 3.8) is 0 Å². The summed E-state index contributed by atoms with van der Waals surface area (Å²) in [5.74, 6) is 1.84. The van der Waals surface area contributed by atoms with Crippen LogP contribution in [0.4, 0.5) is 5.82 Å². The number of halogens is 1. The summed E-state index contributed by atoms with van der Waals surface area (Å²) in [7, 11) is 2.17. The Morgan fingerprint density at radius 2 is 2.12 bits per heavy atom. The number of rotatable bonds is 2. The van der Waals surface area contributed by atoms with Crippen LogP contribution in [-0.2, 0) is 0 Å². The van der Waals surface area contributed by atoms with E-state index in [1.54, 1.807) is 0 Å². The van der Waals surface area contributed by atoms with Crippen LogP contribution in [0.15, 0.2) is 22.8 Å². The van der Waals surface area contributed by atoms with Crippen molar-refractivity contribution in [2.75, 3.05) is 11.9 Å². The molecule has 1 aromatic heterocycles. The lowest BCUT2D eigenvalue weighted by molar-refractivity contribution is 0.320. The molecule has 2 unspecified atom stereocenters. The lowest BCUT2D eigenvalue weighted by atomic mass is 9.85. The molecule has 1 aromatic rings. The van der Waals surface area contributed by atoms with E-state index in [4.69, 9.17) is 0 Å². The minimum absolute atomic E-state index is 0.639. The predicted octanol–water partition coefficient (Wildman–Crippen LogP) is 3.86. The second-order valence-corrected chi connectivity index (χ2v) is 5.60. The summed E-state index contributed by atoms with van der Waals surface area (Å²) in [4.78, 5) is 6.81. The number of anilines is 1. The molecule has 2 rings (SSSR count). The zero-order chi connectivity index (χ0) is 11.5. The van der Waals surface area contributed by atoms with Gasteiger partial charge in [0.25, 0.3) is 0 Å². The fourth-order valence-corrected chi connectivity index (χ4v) is 3.20. The molecule has 0 bridgehead atoms. The van der Waals surface area contributed by atoms with E-state index in [9.17, 15) is 0 Å². The molecule has 1 fully saturated rings. The topological polar surface area (TPSA) is 16.1 Å². The summed E-state index contributed by atoms with van der Waals surface area (Å²) in [5.41, 5.74) is 0. The van der Waals surface area contributed by atoms with E-state index in [0.717, 1.165) is 16.2 Å². The first-order valence-corrected chi connectivity index (χ1v) is 6.83. The van der Waals surface area contributed by atoms with Crippen molar-refractivity contribution >= 4 is 21.7 Å². The molecule has 88 valence electrons. The third-order valence-corrected chi connectivity index (χ3v) is 4.26. The Morgan fingerprint density at radius 1 is 1.38 bits per heavy atom. The molecule has 0 aromatic carbocycles.